The van der Waals surface area contributed by atoms with Crippen LogP contribution in [0.15, 0.2) is 6.33 Å². The molecule has 132 valence electrons. The van der Waals surface area contributed by atoms with Crippen LogP contribution in [0.3, 0.4) is 0 Å². The molecule has 4 rings (SSSR count). The van der Waals surface area contributed by atoms with E-state index in [1.54, 1.807) is 6.33 Å². The number of carbonyl (C=O) groups excluding carboxylic acids is 1. The smallest absolute Gasteiger partial charge is 0.352 e. The predicted octanol–water partition coefficient (Wildman–Crippen LogP) is 1.87. The predicted molar refractivity (Wildman–Crippen MR) is 80.6 cm³/mol. The lowest BCUT2D eigenvalue weighted by Gasteiger charge is -2.44. The Morgan fingerprint density at radius 2 is 1.92 bits per heavy atom. The van der Waals surface area contributed by atoms with Crippen molar-refractivity contribution in [3.8, 4) is 0 Å². The number of nitrogens with zero attached hydrogens (tertiary/aromatic N) is 4. The molecule has 3 fully saturated rings. The first-order chi connectivity index (χ1) is 11.4. The highest BCUT2D eigenvalue weighted by Crippen LogP contribution is 2.45. The monoisotopic (exact) mass is 340 g/mol. The minimum absolute atomic E-state index is 0.00724. The zero-order valence-electron chi connectivity index (χ0n) is 13.5. The summed E-state index contributed by atoms with van der Waals surface area (Å²) in [5, 5.41) is 18.1. The molecule has 1 aromatic rings. The summed E-state index contributed by atoms with van der Waals surface area (Å²) in [6, 6.07) is 0.479. The molecule has 1 saturated heterocycles. The lowest BCUT2D eigenvalue weighted by molar-refractivity contribution is -0.224. The Bertz CT molecular complexity index is 632. The fourth-order valence-corrected chi connectivity index (χ4v) is 3.74. The molecule has 0 radical (unpaired) electrons. The lowest BCUT2D eigenvalue weighted by atomic mass is 9.74. The van der Waals surface area contributed by atoms with Crippen molar-refractivity contribution >= 4 is 5.91 Å². The number of rotatable bonds is 4. The lowest BCUT2D eigenvalue weighted by Crippen LogP contribution is -2.62. The number of aromatic nitrogens is 3. The third-order valence-corrected chi connectivity index (χ3v) is 5.72. The summed E-state index contributed by atoms with van der Waals surface area (Å²) in [7, 11) is 0. The third-order valence-electron chi connectivity index (χ3n) is 5.72. The highest BCUT2D eigenvalue weighted by atomic mass is 19.3. The van der Waals surface area contributed by atoms with E-state index in [1.807, 2.05) is 0 Å². The quantitative estimate of drug-likeness (QED) is 0.908. The van der Waals surface area contributed by atoms with E-state index in [4.69, 9.17) is 0 Å². The minimum Gasteiger partial charge on any atom is -0.383 e. The van der Waals surface area contributed by atoms with Crippen LogP contribution in [0.4, 0.5) is 8.78 Å². The molecule has 0 bridgehead atoms. The molecule has 2 aliphatic carbocycles. The normalized spacial score (nSPS) is 24.7. The minimum atomic E-state index is -3.69. The van der Waals surface area contributed by atoms with Gasteiger partial charge in [0.2, 0.25) is 0 Å². The average molecular weight is 340 g/mol. The Kier molecular flexibility index (Phi) is 3.63. The molecule has 0 unspecified atom stereocenters. The highest BCUT2D eigenvalue weighted by molar-refractivity contribution is 5.85. The van der Waals surface area contributed by atoms with Gasteiger partial charge in [-0.3, -0.25) is 4.79 Å². The number of piperidine rings is 1. The van der Waals surface area contributed by atoms with Crippen molar-refractivity contribution in [1.82, 2.24) is 19.7 Å². The molecule has 0 spiro atoms. The van der Waals surface area contributed by atoms with Crippen molar-refractivity contribution < 1.29 is 18.7 Å². The van der Waals surface area contributed by atoms with E-state index in [2.05, 4.69) is 14.8 Å². The van der Waals surface area contributed by atoms with Gasteiger partial charge in [-0.1, -0.05) is 0 Å². The van der Waals surface area contributed by atoms with Crippen LogP contribution in [-0.4, -0.2) is 55.3 Å². The van der Waals surface area contributed by atoms with E-state index in [9.17, 15) is 18.7 Å². The molecule has 3 aliphatic rings. The van der Waals surface area contributed by atoms with Crippen molar-refractivity contribution in [2.75, 3.05) is 13.1 Å². The second-order valence-corrected chi connectivity index (χ2v) is 7.35. The Morgan fingerprint density at radius 1 is 1.25 bits per heavy atom. The van der Waals surface area contributed by atoms with Crippen molar-refractivity contribution in [3.05, 3.63) is 12.2 Å². The van der Waals surface area contributed by atoms with E-state index in [0.29, 0.717) is 25.3 Å². The molecule has 2 heterocycles. The van der Waals surface area contributed by atoms with Crippen LogP contribution in [-0.2, 0) is 4.79 Å². The van der Waals surface area contributed by atoms with Crippen molar-refractivity contribution in [3.63, 3.8) is 0 Å². The molecule has 2 saturated carbocycles. The van der Waals surface area contributed by atoms with E-state index in [1.165, 1.54) is 4.90 Å². The second-order valence-electron chi connectivity index (χ2n) is 7.35. The fraction of sp³-hybridized carbons (Fsp3) is 0.812. The first kappa shape index (κ1) is 15.9. The standard InChI is InChI=1S/C16H22F2N4O2/c17-16(18,15(24)6-1-7-15)14(23)21-8-4-11(5-9-21)13-20-19-10-22(13)12-2-3-12/h10-12,24H,1-9H2. The van der Waals surface area contributed by atoms with E-state index in [-0.39, 0.29) is 31.8 Å². The van der Waals surface area contributed by atoms with Gasteiger partial charge in [-0.25, -0.2) is 0 Å². The molecule has 6 nitrogen and oxygen atoms in total. The summed E-state index contributed by atoms with van der Waals surface area (Å²) >= 11 is 0. The number of aliphatic hydroxyl groups is 1. The van der Waals surface area contributed by atoms with Gasteiger partial charge in [0.05, 0.1) is 0 Å². The number of likely N-dealkylation sites (tertiary alicyclic amines) is 1. The summed E-state index contributed by atoms with van der Waals surface area (Å²) < 4.78 is 30.7. The van der Waals surface area contributed by atoms with Gasteiger partial charge in [0.25, 0.3) is 5.91 Å². The molecule has 1 amide bonds. The number of carbonyl (C=O) groups is 1. The number of hydrogen-bond donors (Lipinski definition) is 1. The number of halogens is 2. The zero-order chi connectivity index (χ0) is 16.9. The fourth-order valence-electron chi connectivity index (χ4n) is 3.74. The van der Waals surface area contributed by atoms with Crippen LogP contribution in [0, 0.1) is 0 Å². The Balaban J connectivity index is 1.40. The molecule has 1 aromatic heterocycles. The summed E-state index contributed by atoms with van der Waals surface area (Å²) in [5.74, 6) is -3.86. The molecule has 0 aromatic carbocycles. The van der Waals surface area contributed by atoms with Gasteiger partial charge in [-0.15, -0.1) is 10.2 Å². The summed E-state index contributed by atoms with van der Waals surface area (Å²) in [6.07, 6.45) is 5.74. The van der Waals surface area contributed by atoms with Crippen LogP contribution in [0.2, 0.25) is 0 Å². The maximum atomic E-state index is 14.3. The zero-order valence-corrected chi connectivity index (χ0v) is 13.5. The topological polar surface area (TPSA) is 71.2 Å². The van der Waals surface area contributed by atoms with Crippen LogP contribution in [0.5, 0.6) is 0 Å². The van der Waals surface area contributed by atoms with Crippen LogP contribution in [0.25, 0.3) is 0 Å². The second kappa shape index (κ2) is 5.47. The summed E-state index contributed by atoms with van der Waals surface area (Å²) in [4.78, 5) is 13.4. The Hall–Kier alpha value is -1.57. The Labute approximate surface area is 138 Å². The van der Waals surface area contributed by atoms with Gasteiger partial charge < -0.3 is 14.6 Å². The van der Waals surface area contributed by atoms with Gasteiger partial charge in [0.1, 0.15) is 17.8 Å². The maximum absolute atomic E-state index is 14.3. The third kappa shape index (κ3) is 2.42. The molecule has 0 atom stereocenters. The van der Waals surface area contributed by atoms with Gasteiger partial charge >= 0.3 is 5.92 Å². The molecular weight excluding hydrogens is 318 g/mol. The highest BCUT2D eigenvalue weighted by Gasteiger charge is 2.62. The van der Waals surface area contributed by atoms with E-state index < -0.39 is 17.4 Å². The van der Waals surface area contributed by atoms with Crippen LogP contribution >= 0.6 is 0 Å². The molecule has 24 heavy (non-hydrogen) atoms. The van der Waals surface area contributed by atoms with Crippen LogP contribution in [0.1, 0.15) is 62.7 Å². The van der Waals surface area contributed by atoms with E-state index >= 15 is 0 Å². The largest absolute Gasteiger partial charge is 0.383 e. The van der Waals surface area contributed by atoms with Gasteiger partial charge in [-0.05, 0) is 44.9 Å². The maximum Gasteiger partial charge on any atom is 0.352 e. The number of alkyl halides is 2. The molecule has 1 N–H and O–H groups in total. The summed E-state index contributed by atoms with van der Waals surface area (Å²) in [6.45, 7) is 0.541. The van der Waals surface area contributed by atoms with Gasteiger partial charge in [0.15, 0.2) is 0 Å². The van der Waals surface area contributed by atoms with Crippen molar-refractivity contribution in [1.29, 1.82) is 0 Å². The first-order valence-corrected chi connectivity index (χ1v) is 8.71. The SMILES string of the molecule is O=C(N1CCC(c2nncn2C2CC2)CC1)C(F)(F)C1(O)CCC1. The Morgan fingerprint density at radius 3 is 2.46 bits per heavy atom. The van der Waals surface area contributed by atoms with Crippen molar-refractivity contribution in [2.45, 2.75) is 68.4 Å². The average Bonchev–Trinajstić information content (AvgIpc) is 3.28. The molecule has 1 aliphatic heterocycles. The molecular formula is C16H22F2N4O2. The van der Waals surface area contributed by atoms with Gasteiger partial charge in [0, 0.05) is 25.0 Å². The molecule has 8 heteroatoms. The van der Waals surface area contributed by atoms with E-state index in [0.717, 1.165) is 18.7 Å². The first-order valence-electron chi connectivity index (χ1n) is 8.71. The van der Waals surface area contributed by atoms with Crippen molar-refractivity contribution in [2.24, 2.45) is 0 Å². The summed E-state index contributed by atoms with van der Waals surface area (Å²) in [5.41, 5.74) is -2.15. The number of amides is 1. The number of hydrogen-bond acceptors (Lipinski definition) is 4. The van der Waals surface area contributed by atoms with Crippen LogP contribution < -0.4 is 0 Å². The van der Waals surface area contributed by atoms with Gasteiger partial charge in [-0.2, -0.15) is 8.78 Å².